The number of benzene rings is 2. The molecular formula is C24H25N3O4. The first-order valence-electron chi connectivity index (χ1n) is 10.6. The lowest BCUT2D eigenvalue weighted by Gasteiger charge is -2.27. The van der Waals surface area contributed by atoms with E-state index in [2.05, 4.69) is 9.88 Å². The summed E-state index contributed by atoms with van der Waals surface area (Å²) in [5.74, 6) is 0.776. The second kappa shape index (κ2) is 7.83. The van der Waals surface area contributed by atoms with E-state index in [1.807, 2.05) is 54.9 Å². The molecule has 1 fully saturated rings. The van der Waals surface area contributed by atoms with Gasteiger partial charge in [-0.2, -0.15) is 0 Å². The van der Waals surface area contributed by atoms with Crippen LogP contribution in [0.25, 0.3) is 33.4 Å². The Hall–Kier alpha value is -3.16. The molecule has 4 aromatic rings. The fraction of sp³-hybridized carbons (Fsp3) is 0.333. The van der Waals surface area contributed by atoms with E-state index in [-0.39, 0.29) is 5.75 Å². The van der Waals surface area contributed by atoms with Crippen LogP contribution in [0.1, 0.15) is 18.1 Å². The number of imidazole rings is 1. The molecule has 160 valence electrons. The average Bonchev–Trinajstić information content (AvgIpc) is 3.12. The normalized spacial score (nSPS) is 15.2. The van der Waals surface area contributed by atoms with Gasteiger partial charge < -0.3 is 18.8 Å². The number of ether oxygens (including phenoxy) is 1. The van der Waals surface area contributed by atoms with E-state index < -0.39 is 5.63 Å². The summed E-state index contributed by atoms with van der Waals surface area (Å²) >= 11 is 0. The first-order valence-corrected chi connectivity index (χ1v) is 10.6. The Morgan fingerprint density at radius 3 is 2.68 bits per heavy atom. The van der Waals surface area contributed by atoms with Crippen molar-refractivity contribution in [2.24, 2.45) is 7.05 Å². The molecule has 0 radical (unpaired) electrons. The molecule has 0 bridgehead atoms. The van der Waals surface area contributed by atoms with Gasteiger partial charge in [-0.05, 0) is 36.2 Å². The predicted octanol–water partition coefficient (Wildman–Crippen LogP) is 3.45. The third kappa shape index (κ3) is 3.40. The van der Waals surface area contributed by atoms with Crippen LogP contribution in [0, 0.1) is 0 Å². The number of fused-ring (bicyclic) bond motifs is 2. The number of aryl methyl sites for hydroxylation is 2. The number of aromatic hydroxyl groups is 1. The monoisotopic (exact) mass is 419 g/mol. The summed E-state index contributed by atoms with van der Waals surface area (Å²) in [7, 11) is 1.90. The predicted molar refractivity (Wildman–Crippen MR) is 119 cm³/mol. The van der Waals surface area contributed by atoms with Crippen LogP contribution >= 0.6 is 0 Å². The van der Waals surface area contributed by atoms with Gasteiger partial charge in [-0.15, -0.1) is 0 Å². The molecule has 7 nitrogen and oxygen atoms in total. The van der Waals surface area contributed by atoms with Gasteiger partial charge in [-0.1, -0.05) is 19.1 Å². The van der Waals surface area contributed by atoms with E-state index in [9.17, 15) is 9.90 Å². The van der Waals surface area contributed by atoms with Crippen molar-refractivity contribution in [2.45, 2.75) is 19.9 Å². The van der Waals surface area contributed by atoms with Crippen molar-refractivity contribution in [3.63, 3.8) is 0 Å². The van der Waals surface area contributed by atoms with Gasteiger partial charge in [0.2, 0.25) is 0 Å². The lowest BCUT2D eigenvalue weighted by Crippen LogP contribution is -2.35. The third-order valence-corrected chi connectivity index (χ3v) is 6.06. The van der Waals surface area contributed by atoms with Crippen LogP contribution in [0.2, 0.25) is 0 Å². The second-order valence-electron chi connectivity index (χ2n) is 7.95. The van der Waals surface area contributed by atoms with Crippen LogP contribution in [0.4, 0.5) is 0 Å². The topological polar surface area (TPSA) is 80.7 Å². The van der Waals surface area contributed by atoms with Gasteiger partial charge in [0.1, 0.15) is 22.7 Å². The fourth-order valence-corrected chi connectivity index (χ4v) is 4.33. The number of hydrogen-bond acceptors (Lipinski definition) is 6. The largest absolute Gasteiger partial charge is 0.507 e. The van der Waals surface area contributed by atoms with Gasteiger partial charge in [-0.3, -0.25) is 4.90 Å². The van der Waals surface area contributed by atoms with E-state index in [4.69, 9.17) is 9.15 Å². The van der Waals surface area contributed by atoms with Gasteiger partial charge in [0.05, 0.1) is 29.8 Å². The molecule has 1 aliphatic rings. The van der Waals surface area contributed by atoms with Crippen molar-refractivity contribution in [2.75, 3.05) is 26.3 Å². The lowest BCUT2D eigenvalue weighted by atomic mass is 10.0. The molecule has 0 aliphatic carbocycles. The second-order valence-corrected chi connectivity index (χ2v) is 7.95. The van der Waals surface area contributed by atoms with E-state index in [0.29, 0.717) is 48.7 Å². The Bertz CT molecular complexity index is 1330. The standard InChI is InChI=1S/C24H25N3O4/c1-3-15-12-16-13-17(23-25-19-6-4-5-7-20(19)26(23)2)24(29)31-22(16)18(21(15)28)14-27-8-10-30-11-9-27/h4-7,12-13,28H,3,8-11,14H2,1-2H3. The summed E-state index contributed by atoms with van der Waals surface area (Å²) in [5, 5.41) is 11.7. The van der Waals surface area contributed by atoms with E-state index >= 15 is 0 Å². The Kier molecular flexibility index (Phi) is 5.00. The van der Waals surface area contributed by atoms with Crippen molar-refractivity contribution in [3.05, 3.63) is 57.9 Å². The molecule has 0 amide bonds. The summed E-state index contributed by atoms with van der Waals surface area (Å²) < 4.78 is 13.2. The molecule has 0 atom stereocenters. The molecule has 1 aliphatic heterocycles. The van der Waals surface area contributed by atoms with E-state index in [1.54, 1.807) is 0 Å². The number of para-hydroxylation sites is 2. The highest BCUT2D eigenvalue weighted by Crippen LogP contribution is 2.34. The number of aromatic nitrogens is 2. The molecule has 0 spiro atoms. The SMILES string of the molecule is CCc1cc2cc(-c3nc4ccccc4n3C)c(=O)oc2c(CN2CCOCC2)c1O. The minimum atomic E-state index is -0.460. The molecule has 7 heteroatoms. The van der Waals surface area contributed by atoms with Crippen LogP contribution in [0.15, 0.2) is 45.6 Å². The smallest absolute Gasteiger partial charge is 0.347 e. The number of rotatable bonds is 4. The highest BCUT2D eigenvalue weighted by molar-refractivity contribution is 5.88. The fourth-order valence-electron chi connectivity index (χ4n) is 4.33. The molecule has 5 rings (SSSR count). The maximum Gasteiger partial charge on any atom is 0.347 e. The first kappa shape index (κ1) is 19.8. The van der Waals surface area contributed by atoms with Gasteiger partial charge in [0.15, 0.2) is 0 Å². The van der Waals surface area contributed by atoms with Crippen LogP contribution < -0.4 is 5.63 Å². The third-order valence-electron chi connectivity index (χ3n) is 6.06. The highest BCUT2D eigenvalue weighted by Gasteiger charge is 2.22. The number of hydrogen-bond donors (Lipinski definition) is 1. The molecule has 1 N–H and O–H groups in total. The molecular weight excluding hydrogens is 394 g/mol. The number of phenols is 1. The lowest BCUT2D eigenvalue weighted by molar-refractivity contribution is 0.0339. The van der Waals surface area contributed by atoms with Crippen molar-refractivity contribution in [1.29, 1.82) is 0 Å². The zero-order chi connectivity index (χ0) is 21.5. The Morgan fingerprint density at radius 1 is 1.16 bits per heavy atom. The van der Waals surface area contributed by atoms with Crippen LogP contribution in [-0.4, -0.2) is 45.9 Å². The molecule has 2 aromatic heterocycles. The summed E-state index contributed by atoms with van der Waals surface area (Å²) in [6, 6.07) is 11.5. The molecule has 0 saturated carbocycles. The van der Waals surface area contributed by atoms with Gasteiger partial charge in [-0.25, -0.2) is 9.78 Å². The van der Waals surface area contributed by atoms with Crippen molar-refractivity contribution in [3.8, 4) is 17.1 Å². The average molecular weight is 419 g/mol. The summed E-state index contributed by atoms with van der Waals surface area (Å²) in [4.78, 5) is 19.9. The van der Waals surface area contributed by atoms with Gasteiger partial charge in [0.25, 0.3) is 0 Å². The zero-order valence-electron chi connectivity index (χ0n) is 17.7. The summed E-state index contributed by atoms with van der Waals surface area (Å²) in [6.07, 6.45) is 0.679. The van der Waals surface area contributed by atoms with Crippen molar-refractivity contribution < 1.29 is 14.3 Å². The quantitative estimate of drug-likeness (QED) is 0.511. The van der Waals surface area contributed by atoms with E-state index in [0.717, 1.165) is 35.1 Å². The van der Waals surface area contributed by atoms with Crippen molar-refractivity contribution in [1.82, 2.24) is 14.5 Å². The highest BCUT2D eigenvalue weighted by atomic mass is 16.5. The molecule has 1 saturated heterocycles. The minimum absolute atomic E-state index is 0.208. The molecule has 31 heavy (non-hydrogen) atoms. The van der Waals surface area contributed by atoms with Crippen molar-refractivity contribution >= 4 is 22.0 Å². The number of nitrogens with zero attached hydrogens (tertiary/aromatic N) is 3. The number of phenolic OH excluding ortho intramolecular Hbond substituents is 1. The first-order chi connectivity index (χ1) is 15.1. The Morgan fingerprint density at radius 2 is 1.94 bits per heavy atom. The Balaban J connectivity index is 1.69. The molecule has 3 heterocycles. The maximum atomic E-state index is 13.0. The van der Waals surface area contributed by atoms with Gasteiger partial charge in [0, 0.05) is 32.1 Å². The van der Waals surface area contributed by atoms with Crippen LogP contribution in [0.3, 0.4) is 0 Å². The summed E-state index contributed by atoms with van der Waals surface area (Å²) in [6.45, 7) is 5.39. The Labute approximate surface area is 179 Å². The maximum absolute atomic E-state index is 13.0. The van der Waals surface area contributed by atoms with Crippen LogP contribution in [-0.2, 0) is 24.8 Å². The van der Waals surface area contributed by atoms with E-state index in [1.165, 1.54) is 0 Å². The summed E-state index contributed by atoms with van der Waals surface area (Å²) in [5.41, 5.74) is 3.66. The molecule has 0 unspecified atom stereocenters. The van der Waals surface area contributed by atoms with Crippen LogP contribution in [0.5, 0.6) is 5.75 Å². The number of morpholine rings is 1. The minimum Gasteiger partial charge on any atom is -0.507 e. The van der Waals surface area contributed by atoms with Gasteiger partial charge >= 0.3 is 5.63 Å². The zero-order valence-corrected chi connectivity index (χ0v) is 17.7. The molecule has 2 aromatic carbocycles.